The summed E-state index contributed by atoms with van der Waals surface area (Å²) >= 11 is 0. The minimum Gasteiger partial charge on any atom is -0.493 e. The standard InChI is InChI=1S/C17H23NO3/c1-18-9-8-17(7-6-13(19)11-16(17)18)12-4-5-14(20-2)15(10-12)21-3/h4-7,10,13,16,19H,8-9,11H2,1-3H3/t13-,16+,17+/m1/s1/i1D3,2D3,3D3. The largest absolute Gasteiger partial charge is 0.493 e. The Balaban J connectivity index is 2.09. The molecule has 0 radical (unpaired) electrons. The Bertz CT molecular complexity index is 818. The van der Waals surface area contributed by atoms with Gasteiger partial charge in [0, 0.05) is 15.6 Å². The van der Waals surface area contributed by atoms with Gasteiger partial charge in [-0.3, -0.25) is 0 Å². The third-order valence-corrected chi connectivity index (χ3v) is 4.52. The van der Waals surface area contributed by atoms with E-state index in [1.807, 2.05) is 0 Å². The Labute approximate surface area is 138 Å². The number of hydrogen-bond donors (Lipinski definition) is 1. The lowest BCUT2D eigenvalue weighted by atomic mass is 9.69. The van der Waals surface area contributed by atoms with Crippen molar-refractivity contribution in [1.29, 1.82) is 0 Å². The third-order valence-electron chi connectivity index (χ3n) is 4.52. The second-order valence-electron chi connectivity index (χ2n) is 5.53. The number of aliphatic hydroxyl groups excluding tert-OH is 1. The van der Waals surface area contributed by atoms with Gasteiger partial charge in [0.1, 0.15) is 0 Å². The van der Waals surface area contributed by atoms with Crippen molar-refractivity contribution in [3.05, 3.63) is 35.9 Å². The highest BCUT2D eigenvalue weighted by atomic mass is 16.5. The van der Waals surface area contributed by atoms with Gasteiger partial charge in [0.15, 0.2) is 11.5 Å². The van der Waals surface area contributed by atoms with Crippen LogP contribution in [0.25, 0.3) is 0 Å². The molecule has 1 saturated heterocycles. The molecule has 114 valence electrons. The van der Waals surface area contributed by atoms with E-state index in [-0.39, 0.29) is 24.5 Å². The number of hydrogen-bond acceptors (Lipinski definition) is 4. The Hall–Kier alpha value is -1.52. The molecule has 1 N–H and O–H groups in total. The Morgan fingerprint density at radius 2 is 2.19 bits per heavy atom. The average molecular weight is 298 g/mol. The Morgan fingerprint density at radius 3 is 3.00 bits per heavy atom. The molecular formula is C17H23NO3. The Morgan fingerprint density at radius 1 is 1.33 bits per heavy atom. The van der Waals surface area contributed by atoms with E-state index in [1.165, 1.54) is 17.0 Å². The maximum atomic E-state index is 10.1. The first-order chi connectivity index (χ1) is 13.6. The number of fused-ring (bicyclic) bond motifs is 1. The van der Waals surface area contributed by atoms with Gasteiger partial charge in [-0.15, -0.1) is 0 Å². The van der Waals surface area contributed by atoms with Crippen molar-refractivity contribution in [3.8, 4) is 11.5 Å². The second-order valence-corrected chi connectivity index (χ2v) is 5.53. The number of benzene rings is 1. The zero-order valence-corrected chi connectivity index (χ0v) is 11.4. The van der Waals surface area contributed by atoms with Crippen molar-refractivity contribution in [1.82, 2.24) is 4.90 Å². The van der Waals surface area contributed by atoms with Crippen molar-refractivity contribution in [2.24, 2.45) is 0 Å². The van der Waals surface area contributed by atoms with Crippen molar-refractivity contribution in [3.63, 3.8) is 0 Å². The molecule has 4 nitrogen and oxygen atoms in total. The lowest BCUT2D eigenvalue weighted by Gasteiger charge is -2.39. The summed E-state index contributed by atoms with van der Waals surface area (Å²) in [5, 5.41) is 10.1. The van der Waals surface area contributed by atoms with Gasteiger partial charge < -0.3 is 19.5 Å². The normalized spacial score (nSPS) is 40.1. The summed E-state index contributed by atoms with van der Waals surface area (Å²) in [6.45, 7) is -2.11. The SMILES string of the molecule is [2H]C([2H])([2H])Oc1ccc([C@@]23C=C[C@@H](O)C[C@@H]2N(C([2H])([2H])[2H])CC3)cc1OC([2H])([2H])[2H]. The van der Waals surface area contributed by atoms with E-state index in [4.69, 9.17) is 21.8 Å². The minimum atomic E-state index is -2.85. The molecule has 1 aromatic carbocycles. The molecule has 1 fully saturated rings. The van der Waals surface area contributed by atoms with Crippen LogP contribution in [0.3, 0.4) is 0 Å². The molecule has 0 aromatic heterocycles. The van der Waals surface area contributed by atoms with Crippen molar-refractivity contribution < 1.29 is 26.9 Å². The van der Waals surface area contributed by atoms with Crippen molar-refractivity contribution >= 4 is 0 Å². The van der Waals surface area contributed by atoms with Crippen LogP contribution in [-0.2, 0) is 5.41 Å². The average Bonchev–Trinajstić information content (AvgIpc) is 2.94. The maximum absolute atomic E-state index is 10.1. The van der Waals surface area contributed by atoms with Crippen molar-refractivity contribution in [2.75, 3.05) is 27.6 Å². The summed E-state index contributed by atoms with van der Waals surface area (Å²) in [6.07, 6.45) is 3.15. The highest BCUT2D eigenvalue weighted by Crippen LogP contribution is 2.46. The van der Waals surface area contributed by atoms with E-state index < -0.39 is 38.6 Å². The van der Waals surface area contributed by atoms with Crippen LogP contribution in [0.4, 0.5) is 0 Å². The topological polar surface area (TPSA) is 41.9 Å². The lowest BCUT2D eigenvalue weighted by Crippen LogP contribution is -2.44. The summed E-state index contributed by atoms with van der Waals surface area (Å²) in [7, 11) is -5.66. The zero-order chi connectivity index (χ0) is 22.5. The first-order valence-corrected chi connectivity index (χ1v) is 6.77. The van der Waals surface area contributed by atoms with Crippen LogP contribution in [0, 0.1) is 0 Å². The van der Waals surface area contributed by atoms with Crippen LogP contribution in [-0.4, -0.2) is 49.7 Å². The van der Waals surface area contributed by atoms with Gasteiger partial charge in [-0.1, -0.05) is 18.2 Å². The molecule has 2 aliphatic rings. The first-order valence-electron chi connectivity index (χ1n) is 11.3. The number of likely N-dealkylation sites (N-methyl/N-ethyl adjacent to an activating group) is 1. The molecule has 1 aromatic rings. The summed E-state index contributed by atoms with van der Waals surface area (Å²) in [4.78, 5) is 1.36. The van der Waals surface area contributed by atoms with Crippen LogP contribution in [0.2, 0.25) is 0 Å². The molecule has 0 spiro atoms. The van der Waals surface area contributed by atoms with E-state index in [0.29, 0.717) is 12.0 Å². The Kier molecular flexibility index (Phi) is 1.83. The number of nitrogens with zero attached hydrogens (tertiary/aromatic N) is 1. The van der Waals surface area contributed by atoms with E-state index in [1.54, 1.807) is 18.2 Å². The maximum Gasteiger partial charge on any atom is 0.161 e. The molecule has 0 unspecified atom stereocenters. The predicted octanol–water partition coefficient (Wildman–Crippen LogP) is 1.97. The number of methoxy groups -OCH3 is 2. The summed E-state index contributed by atoms with van der Waals surface area (Å²) in [5.74, 6) is -0.531. The molecule has 3 atom stereocenters. The molecule has 21 heavy (non-hydrogen) atoms. The molecular weight excluding hydrogens is 266 g/mol. The molecule has 1 heterocycles. The van der Waals surface area contributed by atoms with Crippen LogP contribution in [0.1, 0.15) is 30.7 Å². The van der Waals surface area contributed by atoms with Gasteiger partial charge in [-0.25, -0.2) is 0 Å². The van der Waals surface area contributed by atoms with Gasteiger partial charge in [0.05, 0.1) is 28.4 Å². The quantitative estimate of drug-likeness (QED) is 0.866. The minimum absolute atomic E-state index is 0.192. The highest BCUT2D eigenvalue weighted by molar-refractivity contribution is 5.48. The number of aliphatic hydroxyl groups is 1. The summed E-state index contributed by atoms with van der Waals surface area (Å²) < 4.78 is 77.4. The zero-order valence-electron chi connectivity index (χ0n) is 20.4. The monoisotopic (exact) mass is 298 g/mol. The number of rotatable bonds is 3. The second kappa shape index (κ2) is 5.35. The number of likely N-dealkylation sites (tertiary alicyclic amines) is 1. The smallest absolute Gasteiger partial charge is 0.161 e. The van der Waals surface area contributed by atoms with Crippen LogP contribution < -0.4 is 9.47 Å². The molecule has 3 rings (SSSR count). The molecule has 1 aliphatic heterocycles. The third kappa shape index (κ3) is 2.23. The molecule has 0 saturated carbocycles. The summed E-state index contributed by atoms with van der Waals surface area (Å²) in [6, 6.07) is 3.71. The van der Waals surface area contributed by atoms with E-state index in [2.05, 4.69) is 0 Å². The predicted molar refractivity (Wildman–Crippen MR) is 82.0 cm³/mol. The molecule has 1 aliphatic carbocycles. The van der Waals surface area contributed by atoms with Gasteiger partial charge >= 0.3 is 0 Å². The molecule has 0 amide bonds. The van der Waals surface area contributed by atoms with Gasteiger partial charge in [-0.05, 0) is 44.1 Å². The first kappa shape index (κ1) is 7.16. The van der Waals surface area contributed by atoms with Crippen LogP contribution in [0.5, 0.6) is 11.5 Å². The van der Waals surface area contributed by atoms with Crippen molar-refractivity contribution in [2.45, 2.75) is 30.4 Å². The molecule has 4 heteroatoms. The van der Waals surface area contributed by atoms with E-state index in [9.17, 15) is 5.11 Å². The summed E-state index contributed by atoms with van der Waals surface area (Å²) in [5.41, 5.74) is -0.251. The lowest BCUT2D eigenvalue weighted by molar-refractivity contribution is 0.137. The van der Waals surface area contributed by atoms with Crippen LogP contribution >= 0.6 is 0 Å². The van der Waals surface area contributed by atoms with Gasteiger partial charge in [0.25, 0.3) is 0 Å². The molecule has 0 bridgehead atoms. The van der Waals surface area contributed by atoms with Gasteiger partial charge in [-0.2, -0.15) is 0 Å². The number of ether oxygens (including phenoxy) is 2. The van der Waals surface area contributed by atoms with E-state index in [0.717, 1.165) is 0 Å². The fourth-order valence-electron chi connectivity index (χ4n) is 3.42. The van der Waals surface area contributed by atoms with E-state index >= 15 is 0 Å². The highest BCUT2D eigenvalue weighted by Gasteiger charge is 2.48. The van der Waals surface area contributed by atoms with Crippen LogP contribution in [0.15, 0.2) is 30.4 Å². The fourth-order valence-corrected chi connectivity index (χ4v) is 3.42. The van der Waals surface area contributed by atoms with Gasteiger partial charge in [0.2, 0.25) is 0 Å². The fraction of sp³-hybridized carbons (Fsp3) is 0.529.